The third kappa shape index (κ3) is 1.78. The molecule has 3 aromatic rings. The maximum absolute atomic E-state index is 13.1. The highest BCUT2D eigenvalue weighted by atomic mass is 16.1. The molecule has 0 bridgehead atoms. The molecule has 1 aliphatic heterocycles. The molecular formula is C21H15NO. The molecule has 1 fully saturated rings. The molecule has 1 saturated heterocycles. The summed E-state index contributed by atoms with van der Waals surface area (Å²) in [5.74, 6) is 0.152. The molecule has 0 N–H and O–H groups in total. The Morgan fingerprint density at radius 1 is 0.696 bits per heavy atom. The molecule has 2 nitrogen and oxygen atoms in total. The first-order valence-electron chi connectivity index (χ1n) is 7.96. The second-order valence-electron chi connectivity index (χ2n) is 6.11. The van der Waals surface area contributed by atoms with Gasteiger partial charge in [0.1, 0.15) is 0 Å². The highest BCUT2D eigenvalue weighted by Crippen LogP contribution is 2.43. The van der Waals surface area contributed by atoms with Crippen LogP contribution in [0.25, 0.3) is 22.0 Å². The lowest BCUT2D eigenvalue weighted by atomic mass is 9.95. The molecule has 1 aliphatic carbocycles. The summed E-state index contributed by atoms with van der Waals surface area (Å²) in [7, 11) is 0. The number of hydrogen-bond acceptors (Lipinski definition) is 2. The average molecular weight is 297 g/mol. The minimum Gasteiger partial charge on any atom is -0.367 e. The molecule has 3 aromatic carbocycles. The minimum atomic E-state index is 0.152. The molecule has 2 aliphatic rings. The van der Waals surface area contributed by atoms with Gasteiger partial charge in [0.05, 0.1) is 11.3 Å². The topological polar surface area (TPSA) is 20.1 Å². The number of Topliss-reactive ketones (excluding diaryl/α,β-unsaturated/α-hetero) is 1. The van der Waals surface area contributed by atoms with Crippen molar-refractivity contribution in [2.45, 2.75) is 0 Å². The van der Waals surface area contributed by atoms with Crippen molar-refractivity contribution < 1.29 is 4.79 Å². The molecule has 0 unspecified atom stereocenters. The Morgan fingerprint density at radius 2 is 1.35 bits per heavy atom. The molecule has 110 valence electrons. The van der Waals surface area contributed by atoms with Gasteiger partial charge in [-0.05, 0) is 16.3 Å². The van der Waals surface area contributed by atoms with E-state index in [4.69, 9.17) is 0 Å². The van der Waals surface area contributed by atoms with Crippen LogP contribution in [0.3, 0.4) is 0 Å². The highest BCUT2D eigenvalue weighted by Gasteiger charge is 2.37. The smallest absolute Gasteiger partial charge is 0.196 e. The molecule has 23 heavy (non-hydrogen) atoms. The summed E-state index contributed by atoms with van der Waals surface area (Å²) in [5, 5.41) is 2.32. The van der Waals surface area contributed by atoms with E-state index in [1.165, 1.54) is 5.39 Å². The lowest BCUT2D eigenvalue weighted by Gasteiger charge is -2.11. The molecule has 0 saturated carbocycles. The van der Waals surface area contributed by atoms with E-state index in [1.807, 2.05) is 36.4 Å². The highest BCUT2D eigenvalue weighted by molar-refractivity contribution is 6.41. The van der Waals surface area contributed by atoms with Crippen LogP contribution in [-0.2, 0) is 0 Å². The van der Waals surface area contributed by atoms with Crippen LogP contribution >= 0.6 is 0 Å². The van der Waals surface area contributed by atoms with Gasteiger partial charge in [-0.2, -0.15) is 0 Å². The Hall–Kier alpha value is -2.87. The predicted octanol–water partition coefficient (Wildman–Crippen LogP) is 4.22. The molecule has 0 radical (unpaired) electrons. The van der Waals surface area contributed by atoms with Crippen LogP contribution in [-0.4, -0.2) is 23.8 Å². The number of hydrogen-bond donors (Lipinski definition) is 0. The van der Waals surface area contributed by atoms with E-state index >= 15 is 0 Å². The standard InChI is InChI=1S/C21H15NO/c23-21-18-10-4-3-9-17(18)20(22-12-13-22)19(21)16-11-5-7-14-6-1-2-8-15(14)16/h1-11H,12-13H2. The van der Waals surface area contributed by atoms with Gasteiger partial charge in [0.15, 0.2) is 5.78 Å². The van der Waals surface area contributed by atoms with Gasteiger partial charge in [-0.3, -0.25) is 4.79 Å². The van der Waals surface area contributed by atoms with Crippen molar-refractivity contribution >= 4 is 27.8 Å². The Morgan fingerprint density at radius 3 is 2.17 bits per heavy atom. The maximum atomic E-state index is 13.1. The van der Waals surface area contributed by atoms with Crippen LogP contribution in [0.1, 0.15) is 21.5 Å². The van der Waals surface area contributed by atoms with Crippen molar-refractivity contribution in [3.8, 4) is 0 Å². The zero-order valence-electron chi connectivity index (χ0n) is 12.6. The molecule has 0 spiro atoms. The second-order valence-corrected chi connectivity index (χ2v) is 6.11. The Labute approximate surface area is 134 Å². The first kappa shape index (κ1) is 12.7. The molecule has 1 heterocycles. The number of ketones is 1. The summed E-state index contributed by atoms with van der Waals surface area (Å²) in [6, 6.07) is 22.5. The van der Waals surface area contributed by atoms with Crippen LogP contribution in [0.15, 0.2) is 66.7 Å². The zero-order valence-corrected chi connectivity index (χ0v) is 12.6. The number of fused-ring (bicyclic) bond motifs is 2. The van der Waals surface area contributed by atoms with Gasteiger partial charge in [0.2, 0.25) is 0 Å². The molecule has 0 amide bonds. The average Bonchev–Trinajstić information content (AvgIpc) is 3.40. The summed E-state index contributed by atoms with van der Waals surface area (Å²) < 4.78 is 0. The van der Waals surface area contributed by atoms with E-state index < -0.39 is 0 Å². The number of allylic oxidation sites excluding steroid dienone is 1. The number of benzene rings is 3. The van der Waals surface area contributed by atoms with Crippen molar-refractivity contribution in [2.24, 2.45) is 0 Å². The van der Waals surface area contributed by atoms with Crippen LogP contribution < -0.4 is 0 Å². The van der Waals surface area contributed by atoms with E-state index in [1.54, 1.807) is 0 Å². The number of nitrogens with zero attached hydrogens (tertiary/aromatic N) is 1. The third-order valence-electron chi connectivity index (χ3n) is 4.71. The van der Waals surface area contributed by atoms with E-state index in [2.05, 4.69) is 35.2 Å². The monoisotopic (exact) mass is 297 g/mol. The fourth-order valence-electron chi connectivity index (χ4n) is 3.56. The Kier molecular flexibility index (Phi) is 2.51. The first-order chi connectivity index (χ1) is 11.3. The van der Waals surface area contributed by atoms with Gasteiger partial charge in [-0.1, -0.05) is 66.7 Å². The van der Waals surface area contributed by atoms with E-state index in [0.717, 1.165) is 46.4 Å². The van der Waals surface area contributed by atoms with Gasteiger partial charge in [-0.15, -0.1) is 0 Å². The fraction of sp³-hybridized carbons (Fsp3) is 0.0952. The lowest BCUT2D eigenvalue weighted by Crippen LogP contribution is -2.01. The van der Waals surface area contributed by atoms with Crippen molar-refractivity contribution in [2.75, 3.05) is 13.1 Å². The normalized spacial score (nSPS) is 16.2. The zero-order chi connectivity index (χ0) is 15.4. The van der Waals surface area contributed by atoms with Crippen molar-refractivity contribution in [3.63, 3.8) is 0 Å². The van der Waals surface area contributed by atoms with Crippen molar-refractivity contribution in [1.82, 2.24) is 4.90 Å². The van der Waals surface area contributed by atoms with Crippen LogP contribution in [0.2, 0.25) is 0 Å². The Bertz CT molecular complexity index is 990. The quantitative estimate of drug-likeness (QED) is 0.660. The molecule has 2 heteroatoms. The summed E-state index contributed by atoms with van der Waals surface area (Å²) in [4.78, 5) is 15.4. The summed E-state index contributed by atoms with van der Waals surface area (Å²) in [5.41, 5.74) is 4.93. The second kappa shape index (κ2) is 4.56. The molecule has 0 aromatic heterocycles. The van der Waals surface area contributed by atoms with Gasteiger partial charge in [-0.25, -0.2) is 0 Å². The molecular weight excluding hydrogens is 282 g/mol. The summed E-state index contributed by atoms with van der Waals surface area (Å²) >= 11 is 0. The fourth-order valence-corrected chi connectivity index (χ4v) is 3.56. The van der Waals surface area contributed by atoms with Gasteiger partial charge in [0.25, 0.3) is 0 Å². The molecule has 5 rings (SSSR count). The minimum absolute atomic E-state index is 0.152. The van der Waals surface area contributed by atoms with Crippen LogP contribution in [0, 0.1) is 0 Å². The van der Waals surface area contributed by atoms with Gasteiger partial charge < -0.3 is 4.90 Å². The Balaban J connectivity index is 1.84. The van der Waals surface area contributed by atoms with E-state index in [-0.39, 0.29) is 5.78 Å². The van der Waals surface area contributed by atoms with Crippen molar-refractivity contribution in [1.29, 1.82) is 0 Å². The maximum Gasteiger partial charge on any atom is 0.196 e. The third-order valence-corrected chi connectivity index (χ3v) is 4.71. The van der Waals surface area contributed by atoms with Gasteiger partial charge >= 0.3 is 0 Å². The predicted molar refractivity (Wildman–Crippen MR) is 93.1 cm³/mol. The van der Waals surface area contributed by atoms with Crippen molar-refractivity contribution in [3.05, 3.63) is 83.4 Å². The van der Waals surface area contributed by atoms with Crippen LogP contribution in [0.5, 0.6) is 0 Å². The first-order valence-corrected chi connectivity index (χ1v) is 7.96. The summed E-state index contributed by atoms with van der Waals surface area (Å²) in [6.07, 6.45) is 0. The van der Waals surface area contributed by atoms with E-state index in [9.17, 15) is 4.79 Å². The number of carbonyl (C=O) groups excluding carboxylic acids is 1. The van der Waals surface area contributed by atoms with E-state index in [0.29, 0.717) is 0 Å². The largest absolute Gasteiger partial charge is 0.367 e. The lowest BCUT2D eigenvalue weighted by molar-refractivity contribution is 0.105. The number of rotatable bonds is 2. The number of carbonyl (C=O) groups is 1. The van der Waals surface area contributed by atoms with Gasteiger partial charge in [0, 0.05) is 24.2 Å². The summed E-state index contributed by atoms with van der Waals surface area (Å²) in [6.45, 7) is 2.07. The molecule has 0 atom stereocenters. The van der Waals surface area contributed by atoms with Crippen LogP contribution in [0.4, 0.5) is 0 Å². The SMILES string of the molecule is O=C1C(c2cccc3ccccc23)=C(N2CC2)c2ccccc21.